The van der Waals surface area contributed by atoms with Crippen LogP contribution in [0.4, 0.5) is 0 Å². The normalized spacial score (nSPS) is 10.6. The molecule has 0 atom stereocenters. The van der Waals surface area contributed by atoms with Crippen molar-refractivity contribution < 1.29 is 28.5 Å². The summed E-state index contributed by atoms with van der Waals surface area (Å²) in [7, 11) is 1.56. The molecule has 0 saturated carbocycles. The van der Waals surface area contributed by atoms with E-state index in [2.05, 4.69) is 26.5 Å². The van der Waals surface area contributed by atoms with Gasteiger partial charge in [-0.1, -0.05) is 23.2 Å². The maximum Gasteiger partial charge on any atom is 0.349 e. The first-order chi connectivity index (χ1) is 16.8. The number of ether oxygens (including phenoxy) is 4. The third-order valence-electron chi connectivity index (χ3n) is 4.25. The van der Waals surface area contributed by atoms with Crippen molar-refractivity contribution in [2.45, 2.75) is 0 Å². The van der Waals surface area contributed by atoms with Crippen LogP contribution in [0.2, 0.25) is 10.0 Å². The van der Waals surface area contributed by atoms with Crippen molar-refractivity contribution in [3.63, 3.8) is 0 Å². The molecule has 11 heteroatoms. The third kappa shape index (κ3) is 8.47. The molecule has 8 nitrogen and oxygen atoms in total. The maximum absolute atomic E-state index is 12.0. The first-order valence-electron chi connectivity index (χ1n) is 10.0. The summed E-state index contributed by atoms with van der Waals surface area (Å²) in [6.07, 6.45) is 1.44. The number of amides is 1. The highest BCUT2D eigenvalue weighted by atomic mass is 79.9. The lowest BCUT2D eigenvalue weighted by Crippen LogP contribution is -2.24. The number of carbonyl (C=O) groups is 2. The van der Waals surface area contributed by atoms with Crippen molar-refractivity contribution in [3.8, 4) is 23.0 Å². The number of methoxy groups -OCH3 is 1. The first-order valence-corrected chi connectivity index (χ1v) is 11.6. The van der Waals surface area contributed by atoms with E-state index in [0.717, 1.165) is 0 Å². The Hall–Kier alpha value is -3.27. The monoisotopic (exact) mass is 580 g/mol. The molecular weight excluding hydrogens is 563 g/mol. The van der Waals surface area contributed by atoms with Crippen LogP contribution >= 0.6 is 39.1 Å². The van der Waals surface area contributed by atoms with Gasteiger partial charge in [0.25, 0.3) is 5.91 Å². The molecule has 3 rings (SSSR count). The van der Waals surface area contributed by atoms with Crippen LogP contribution < -0.4 is 24.4 Å². The number of benzene rings is 3. The number of esters is 1. The van der Waals surface area contributed by atoms with Crippen LogP contribution in [0.1, 0.15) is 5.56 Å². The van der Waals surface area contributed by atoms with Gasteiger partial charge in [0.15, 0.2) is 13.2 Å². The number of hydrazone groups is 1. The van der Waals surface area contributed by atoms with Gasteiger partial charge in [0, 0.05) is 5.02 Å². The summed E-state index contributed by atoms with van der Waals surface area (Å²) >= 11 is 15.2. The van der Waals surface area contributed by atoms with Gasteiger partial charge >= 0.3 is 5.97 Å². The van der Waals surface area contributed by atoms with Crippen LogP contribution in [0.3, 0.4) is 0 Å². The second-order valence-corrected chi connectivity index (χ2v) is 8.48. The Kier molecular flexibility index (Phi) is 9.77. The van der Waals surface area contributed by atoms with E-state index in [1.165, 1.54) is 12.3 Å². The highest BCUT2D eigenvalue weighted by Crippen LogP contribution is 2.29. The summed E-state index contributed by atoms with van der Waals surface area (Å²) in [5, 5.41) is 4.64. The molecule has 0 spiro atoms. The summed E-state index contributed by atoms with van der Waals surface area (Å²) in [4.78, 5) is 23.9. The van der Waals surface area contributed by atoms with Gasteiger partial charge in [0.2, 0.25) is 0 Å². The van der Waals surface area contributed by atoms with E-state index in [1.807, 2.05) is 0 Å². The Bertz CT molecular complexity index is 1220. The van der Waals surface area contributed by atoms with Gasteiger partial charge in [-0.2, -0.15) is 5.10 Å². The number of rotatable bonds is 10. The van der Waals surface area contributed by atoms with E-state index in [0.29, 0.717) is 43.1 Å². The average molecular weight is 582 g/mol. The number of halogens is 3. The van der Waals surface area contributed by atoms with Gasteiger partial charge in [0.1, 0.15) is 23.0 Å². The number of hydrogen-bond acceptors (Lipinski definition) is 7. The summed E-state index contributed by atoms with van der Waals surface area (Å²) in [5.41, 5.74) is 3.05. The molecular formula is C24H19BrCl2N2O6. The molecule has 1 amide bonds. The standard InChI is InChI=1S/C24H19BrCl2N2O6/c1-32-18-7-9-21(19(25)11-18)33-13-23(30)29-28-12-15-2-5-17(6-3-15)35-24(31)14-34-22-8-4-16(26)10-20(22)27/h2-12H,13-14H2,1H3,(H,29,30)/b28-12-. The zero-order valence-corrected chi connectivity index (χ0v) is 21.4. The summed E-state index contributed by atoms with van der Waals surface area (Å²) in [5.74, 6) is 0.764. The topological polar surface area (TPSA) is 95.5 Å². The average Bonchev–Trinajstić information content (AvgIpc) is 2.83. The Morgan fingerprint density at radius 1 is 0.943 bits per heavy atom. The molecule has 0 fully saturated rings. The fourth-order valence-electron chi connectivity index (χ4n) is 2.59. The Morgan fingerprint density at radius 2 is 1.63 bits per heavy atom. The molecule has 0 heterocycles. The van der Waals surface area contributed by atoms with Gasteiger partial charge in [-0.15, -0.1) is 0 Å². The molecule has 182 valence electrons. The molecule has 0 aliphatic carbocycles. The van der Waals surface area contributed by atoms with Crippen LogP contribution in [-0.4, -0.2) is 38.4 Å². The predicted molar refractivity (Wildman–Crippen MR) is 136 cm³/mol. The van der Waals surface area contributed by atoms with Gasteiger partial charge in [0.05, 0.1) is 22.8 Å². The van der Waals surface area contributed by atoms with Crippen LogP contribution in [0.5, 0.6) is 23.0 Å². The van der Waals surface area contributed by atoms with E-state index < -0.39 is 11.9 Å². The molecule has 35 heavy (non-hydrogen) atoms. The molecule has 0 unspecified atom stereocenters. The zero-order chi connectivity index (χ0) is 25.2. The predicted octanol–water partition coefficient (Wildman–Crippen LogP) is 5.28. The molecule has 0 aliphatic rings. The Labute approximate surface area is 219 Å². The van der Waals surface area contributed by atoms with Gasteiger partial charge < -0.3 is 18.9 Å². The van der Waals surface area contributed by atoms with E-state index in [4.69, 9.17) is 42.1 Å². The minimum absolute atomic E-state index is 0.222. The number of nitrogens with zero attached hydrogens (tertiary/aromatic N) is 1. The lowest BCUT2D eigenvalue weighted by Gasteiger charge is -2.09. The highest BCUT2D eigenvalue weighted by molar-refractivity contribution is 9.10. The molecule has 3 aromatic carbocycles. The molecule has 1 N–H and O–H groups in total. The minimum atomic E-state index is -0.604. The minimum Gasteiger partial charge on any atom is -0.497 e. The van der Waals surface area contributed by atoms with Crippen molar-refractivity contribution >= 4 is 57.2 Å². The maximum atomic E-state index is 12.0. The lowest BCUT2D eigenvalue weighted by atomic mass is 10.2. The SMILES string of the molecule is COc1ccc(OCC(=O)N/N=C\c2ccc(OC(=O)COc3ccc(Cl)cc3Cl)cc2)c(Br)c1. The largest absolute Gasteiger partial charge is 0.497 e. The fraction of sp³-hybridized carbons (Fsp3) is 0.125. The van der Waals surface area contributed by atoms with Crippen LogP contribution in [0, 0.1) is 0 Å². The van der Waals surface area contributed by atoms with Crippen LogP contribution in [0.25, 0.3) is 0 Å². The van der Waals surface area contributed by atoms with Crippen molar-refractivity contribution in [2.75, 3.05) is 20.3 Å². The quantitative estimate of drug-likeness (QED) is 0.151. The number of nitrogens with one attached hydrogen (secondary N) is 1. The molecule has 0 saturated heterocycles. The van der Waals surface area contributed by atoms with Gasteiger partial charge in [-0.25, -0.2) is 10.2 Å². The summed E-state index contributed by atoms with van der Waals surface area (Å²) < 4.78 is 21.8. The van der Waals surface area contributed by atoms with Crippen LogP contribution in [-0.2, 0) is 9.59 Å². The van der Waals surface area contributed by atoms with Crippen molar-refractivity contribution in [1.82, 2.24) is 5.43 Å². The van der Waals surface area contributed by atoms with Crippen molar-refractivity contribution in [3.05, 3.63) is 80.7 Å². The number of hydrogen-bond donors (Lipinski definition) is 1. The molecule has 0 radical (unpaired) electrons. The third-order valence-corrected chi connectivity index (χ3v) is 5.40. The van der Waals surface area contributed by atoms with Crippen LogP contribution in [0.15, 0.2) is 70.2 Å². The van der Waals surface area contributed by atoms with Crippen molar-refractivity contribution in [1.29, 1.82) is 0 Å². The highest BCUT2D eigenvalue weighted by Gasteiger charge is 2.09. The second-order valence-electron chi connectivity index (χ2n) is 6.78. The molecule has 0 aromatic heterocycles. The molecule has 3 aromatic rings. The summed E-state index contributed by atoms with van der Waals surface area (Å²) in [6, 6.07) is 16.3. The Balaban J connectivity index is 1.41. The smallest absolute Gasteiger partial charge is 0.349 e. The van der Waals surface area contributed by atoms with Gasteiger partial charge in [-0.3, -0.25) is 4.79 Å². The first kappa shape index (κ1) is 26.3. The van der Waals surface area contributed by atoms with E-state index in [1.54, 1.807) is 61.7 Å². The van der Waals surface area contributed by atoms with E-state index >= 15 is 0 Å². The lowest BCUT2D eigenvalue weighted by molar-refractivity contribution is -0.136. The summed E-state index contributed by atoms with van der Waals surface area (Å²) in [6.45, 7) is -0.549. The second kappa shape index (κ2) is 13.0. The van der Waals surface area contributed by atoms with E-state index in [-0.39, 0.29) is 13.2 Å². The fourth-order valence-corrected chi connectivity index (χ4v) is 3.53. The van der Waals surface area contributed by atoms with Gasteiger partial charge in [-0.05, 0) is 82.2 Å². The molecule has 0 aliphatic heterocycles. The Morgan fingerprint density at radius 3 is 2.31 bits per heavy atom. The number of carbonyl (C=O) groups excluding carboxylic acids is 2. The molecule has 0 bridgehead atoms. The van der Waals surface area contributed by atoms with Crippen molar-refractivity contribution in [2.24, 2.45) is 5.10 Å². The zero-order valence-electron chi connectivity index (χ0n) is 18.3. The van der Waals surface area contributed by atoms with E-state index in [9.17, 15) is 9.59 Å².